The van der Waals surface area contributed by atoms with Gasteiger partial charge in [0, 0.05) is 45.7 Å². The van der Waals surface area contributed by atoms with Crippen molar-refractivity contribution in [2.45, 2.75) is 38.6 Å². The molecule has 0 bridgehead atoms. The summed E-state index contributed by atoms with van der Waals surface area (Å²) in [7, 11) is 0. The average molecular weight is 340 g/mol. The Morgan fingerprint density at radius 2 is 1.96 bits per heavy atom. The molecule has 0 saturated carbocycles. The van der Waals surface area contributed by atoms with Crippen molar-refractivity contribution in [3.63, 3.8) is 0 Å². The second-order valence-electron chi connectivity index (χ2n) is 6.88. The summed E-state index contributed by atoms with van der Waals surface area (Å²) >= 11 is 0. The van der Waals surface area contributed by atoms with E-state index in [0.29, 0.717) is 26.1 Å². The molecule has 0 aromatic carbocycles. The molecule has 2 fully saturated rings. The third kappa shape index (κ3) is 4.68. The number of rotatable bonds is 8. The molecule has 0 radical (unpaired) electrons. The van der Waals surface area contributed by atoms with Gasteiger partial charge in [0.25, 0.3) is 0 Å². The predicted molar refractivity (Wildman–Crippen MR) is 92.5 cm³/mol. The zero-order valence-corrected chi connectivity index (χ0v) is 15.1. The first-order valence-corrected chi connectivity index (χ1v) is 9.13. The molecule has 1 atom stereocenters. The number of nitrogens with two attached hydrogens (primary N) is 1. The maximum atomic E-state index is 12.6. The van der Waals surface area contributed by atoms with Crippen LogP contribution in [0.3, 0.4) is 0 Å². The van der Waals surface area contributed by atoms with Crippen LogP contribution in [0.4, 0.5) is 0 Å². The molecule has 2 amide bonds. The lowest BCUT2D eigenvalue weighted by atomic mass is 9.91. The number of carbonyl (C=O) groups excluding carboxylic acids is 2. The maximum absolute atomic E-state index is 12.6. The molecule has 0 spiro atoms. The van der Waals surface area contributed by atoms with E-state index in [1.165, 1.54) is 0 Å². The molecule has 3 N–H and O–H groups in total. The first kappa shape index (κ1) is 19.1. The van der Waals surface area contributed by atoms with Crippen molar-refractivity contribution in [3.8, 4) is 0 Å². The topological polar surface area (TPSA) is 87.9 Å². The van der Waals surface area contributed by atoms with Gasteiger partial charge in [0.15, 0.2) is 0 Å². The monoisotopic (exact) mass is 340 g/mol. The fraction of sp³-hybridized carbons (Fsp3) is 0.882. The van der Waals surface area contributed by atoms with Crippen molar-refractivity contribution in [2.24, 2.45) is 11.7 Å². The molecule has 2 aliphatic heterocycles. The van der Waals surface area contributed by atoms with Crippen LogP contribution in [-0.4, -0.2) is 79.6 Å². The SMILES string of the molecule is CCC(CC)(CN)NC(=O)C1CC(=O)N(CCN2CCOCC2)C1. The number of nitrogens with one attached hydrogen (secondary N) is 1. The minimum atomic E-state index is -0.346. The minimum Gasteiger partial charge on any atom is -0.379 e. The maximum Gasteiger partial charge on any atom is 0.225 e. The molecular formula is C17H32N4O3. The van der Waals surface area contributed by atoms with E-state index in [2.05, 4.69) is 10.2 Å². The minimum absolute atomic E-state index is 0.0358. The third-order valence-electron chi connectivity index (χ3n) is 5.51. The summed E-state index contributed by atoms with van der Waals surface area (Å²) in [5, 5.41) is 3.10. The van der Waals surface area contributed by atoms with Gasteiger partial charge in [-0.25, -0.2) is 0 Å². The summed E-state index contributed by atoms with van der Waals surface area (Å²) in [6.45, 7) is 9.89. The molecule has 0 aliphatic carbocycles. The highest BCUT2D eigenvalue weighted by Gasteiger charge is 2.37. The molecule has 2 saturated heterocycles. The lowest BCUT2D eigenvalue weighted by molar-refractivity contribution is -0.129. The van der Waals surface area contributed by atoms with Crippen LogP contribution in [0.5, 0.6) is 0 Å². The van der Waals surface area contributed by atoms with Crippen molar-refractivity contribution < 1.29 is 14.3 Å². The lowest BCUT2D eigenvalue weighted by Crippen LogP contribution is -2.54. The van der Waals surface area contributed by atoms with Crippen LogP contribution in [0.2, 0.25) is 0 Å². The quantitative estimate of drug-likeness (QED) is 0.639. The highest BCUT2D eigenvalue weighted by Crippen LogP contribution is 2.21. The van der Waals surface area contributed by atoms with Crippen LogP contribution in [0, 0.1) is 5.92 Å². The van der Waals surface area contributed by atoms with Crippen LogP contribution in [0.15, 0.2) is 0 Å². The largest absolute Gasteiger partial charge is 0.379 e. The van der Waals surface area contributed by atoms with E-state index in [9.17, 15) is 9.59 Å². The van der Waals surface area contributed by atoms with Crippen molar-refractivity contribution in [2.75, 3.05) is 52.5 Å². The molecule has 138 valence electrons. The number of carbonyl (C=O) groups is 2. The Morgan fingerprint density at radius 1 is 1.29 bits per heavy atom. The zero-order chi connectivity index (χ0) is 17.6. The van der Waals surface area contributed by atoms with Gasteiger partial charge in [-0.05, 0) is 12.8 Å². The molecule has 2 aliphatic rings. The van der Waals surface area contributed by atoms with Crippen molar-refractivity contribution >= 4 is 11.8 Å². The normalized spacial score (nSPS) is 22.9. The van der Waals surface area contributed by atoms with Gasteiger partial charge in [-0.15, -0.1) is 0 Å². The Kier molecular flexibility index (Phi) is 7.01. The van der Waals surface area contributed by atoms with Gasteiger partial charge >= 0.3 is 0 Å². The first-order valence-electron chi connectivity index (χ1n) is 9.13. The van der Waals surface area contributed by atoms with E-state index in [4.69, 9.17) is 10.5 Å². The average Bonchev–Trinajstić information content (AvgIpc) is 3.00. The number of nitrogens with zero attached hydrogens (tertiary/aromatic N) is 2. The van der Waals surface area contributed by atoms with Crippen LogP contribution in [0.25, 0.3) is 0 Å². The van der Waals surface area contributed by atoms with Gasteiger partial charge in [-0.3, -0.25) is 14.5 Å². The predicted octanol–water partition coefficient (Wildman–Crippen LogP) is -0.199. The Morgan fingerprint density at radius 3 is 2.54 bits per heavy atom. The van der Waals surface area contributed by atoms with E-state index in [0.717, 1.165) is 45.7 Å². The Bertz CT molecular complexity index is 425. The fourth-order valence-electron chi connectivity index (χ4n) is 3.38. The standard InChI is InChI=1S/C17H32N4O3/c1-3-17(4-2,13-18)19-16(23)14-11-15(22)21(12-14)6-5-20-7-9-24-10-8-20/h14H,3-13,18H2,1-2H3,(H,19,23). The fourth-order valence-corrected chi connectivity index (χ4v) is 3.38. The van der Waals surface area contributed by atoms with Crippen molar-refractivity contribution in [1.82, 2.24) is 15.1 Å². The molecule has 24 heavy (non-hydrogen) atoms. The van der Waals surface area contributed by atoms with Crippen LogP contribution in [0.1, 0.15) is 33.1 Å². The Hall–Kier alpha value is -1.18. The second-order valence-corrected chi connectivity index (χ2v) is 6.88. The van der Waals surface area contributed by atoms with Crippen molar-refractivity contribution in [3.05, 3.63) is 0 Å². The molecule has 0 aromatic heterocycles. The summed E-state index contributed by atoms with van der Waals surface area (Å²) in [6.07, 6.45) is 1.91. The number of amides is 2. The summed E-state index contributed by atoms with van der Waals surface area (Å²) in [6, 6.07) is 0. The molecule has 2 heterocycles. The van der Waals surface area contributed by atoms with Gasteiger partial charge in [0.1, 0.15) is 0 Å². The van der Waals surface area contributed by atoms with Crippen molar-refractivity contribution in [1.29, 1.82) is 0 Å². The van der Waals surface area contributed by atoms with E-state index >= 15 is 0 Å². The highest BCUT2D eigenvalue weighted by atomic mass is 16.5. The molecule has 1 unspecified atom stereocenters. The zero-order valence-electron chi connectivity index (χ0n) is 15.1. The highest BCUT2D eigenvalue weighted by molar-refractivity contribution is 5.89. The van der Waals surface area contributed by atoms with Gasteiger partial charge in [-0.1, -0.05) is 13.8 Å². The number of hydrogen-bond acceptors (Lipinski definition) is 5. The summed E-state index contributed by atoms with van der Waals surface area (Å²) in [4.78, 5) is 28.9. The van der Waals surface area contributed by atoms with E-state index in [1.54, 1.807) is 0 Å². The summed E-state index contributed by atoms with van der Waals surface area (Å²) in [5.41, 5.74) is 5.51. The number of hydrogen-bond donors (Lipinski definition) is 2. The molecule has 2 rings (SSSR count). The van der Waals surface area contributed by atoms with Crippen LogP contribution in [-0.2, 0) is 14.3 Å². The Balaban J connectivity index is 1.83. The van der Waals surface area contributed by atoms with Gasteiger partial charge in [-0.2, -0.15) is 0 Å². The molecule has 7 heteroatoms. The van der Waals surface area contributed by atoms with E-state index in [1.807, 2.05) is 18.7 Å². The molecular weight excluding hydrogens is 308 g/mol. The van der Waals surface area contributed by atoms with Crippen LogP contribution >= 0.6 is 0 Å². The van der Waals surface area contributed by atoms with Gasteiger partial charge < -0.3 is 20.7 Å². The van der Waals surface area contributed by atoms with E-state index < -0.39 is 0 Å². The number of likely N-dealkylation sites (tertiary alicyclic amines) is 1. The first-order chi connectivity index (χ1) is 11.5. The number of morpholine rings is 1. The smallest absolute Gasteiger partial charge is 0.225 e. The molecule has 0 aromatic rings. The Labute approximate surface area is 144 Å². The lowest BCUT2D eigenvalue weighted by Gasteiger charge is -2.32. The van der Waals surface area contributed by atoms with Crippen LogP contribution < -0.4 is 11.1 Å². The van der Waals surface area contributed by atoms with Gasteiger partial charge in [0.05, 0.1) is 24.7 Å². The summed E-state index contributed by atoms with van der Waals surface area (Å²) in [5.74, 6) is -0.215. The van der Waals surface area contributed by atoms with E-state index in [-0.39, 0.29) is 23.3 Å². The van der Waals surface area contributed by atoms with Gasteiger partial charge in [0.2, 0.25) is 11.8 Å². The summed E-state index contributed by atoms with van der Waals surface area (Å²) < 4.78 is 5.33. The second kappa shape index (κ2) is 8.78. The third-order valence-corrected chi connectivity index (χ3v) is 5.51. The number of ether oxygens (including phenoxy) is 1. The molecule has 7 nitrogen and oxygen atoms in total.